The van der Waals surface area contributed by atoms with Crippen molar-refractivity contribution in [3.63, 3.8) is 0 Å². The van der Waals surface area contributed by atoms with Gasteiger partial charge in [-0.05, 0) is 97.5 Å². The molecule has 1 N–H and O–H groups in total. The van der Waals surface area contributed by atoms with Crippen LogP contribution in [0.25, 0.3) is 16.8 Å². The molecule has 214 valence electrons. The molecule has 0 aliphatic heterocycles. The molecule has 1 aliphatic carbocycles. The normalized spacial score (nSPS) is 17.3. The van der Waals surface area contributed by atoms with E-state index in [-0.39, 0.29) is 17.4 Å². The van der Waals surface area contributed by atoms with Crippen LogP contribution in [0.4, 0.5) is 18.9 Å². The lowest BCUT2D eigenvalue weighted by Crippen LogP contribution is -2.17. The van der Waals surface area contributed by atoms with E-state index in [9.17, 15) is 22.8 Å². The Kier molecular flexibility index (Phi) is 8.28. The summed E-state index contributed by atoms with van der Waals surface area (Å²) in [5.74, 6) is -0.0794. The monoisotopic (exact) mass is 565 g/mol. The van der Waals surface area contributed by atoms with Crippen LogP contribution in [0.2, 0.25) is 0 Å². The number of anilines is 1. The number of nitrogens with one attached hydrogen (secondary N) is 1. The van der Waals surface area contributed by atoms with Crippen molar-refractivity contribution in [2.45, 2.75) is 51.3 Å². The lowest BCUT2D eigenvalue weighted by atomic mass is 9.77. The first kappa shape index (κ1) is 28.2. The van der Waals surface area contributed by atoms with Crippen LogP contribution in [0.3, 0.4) is 0 Å². The van der Waals surface area contributed by atoms with Crippen molar-refractivity contribution < 1.29 is 32.2 Å². The van der Waals surface area contributed by atoms with Gasteiger partial charge in [-0.1, -0.05) is 24.3 Å². The largest absolute Gasteiger partial charge is 0.573 e. The summed E-state index contributed by atoms with van der Waals surface area (Å²) < 4.78 is 47.8. The van der Waals surface area contributed by atoms with Crippen LogP contribution < -0.4 is 10.1 Å². The molecule has 0 atom stereocenters. The molecule has 1 saturated carbocycles. The van der Waals surface area contributed by atoms with E-state index in [2.05, 4.69) is 39.3 Å². The van der Waals surface area contributed by atoms with Gasteiger partial charge in [-0.25, -0.2) is 4.98 Å². The van der Waals surface area contributed by atoms with Gasteiger partial charge in [-0.3, -0.25) is 9.59 Å². The number of pyridine rings is 1. The third-order valence-corrected chi connectivity index (χ3v) is 7.35. The zero-order valence-corrected chi connectivity index (χ0v) is 22.5. The predicted molar refractivity (Wildman–Crippen MR) is 148 cm³/mol. The van der Waals surface area contributed by atoms with Crippen LogP contribution in [0.5, 0.6) is 5.75 Å². The van der Waals surface area contributed by atoms with Crippen molar-refractivity contribution in [1.82, 2.24) is 9.38 Å². The first-order valence-electron chi connectivity index (χ1n) is 13.6. The molecule has 1 amide bonds. The van der Waals surface area contributed by atoms with Crippen LogP contribution in [-0.2, 0) is 9.53 Å². The molecular formula is C31H30F3N3O4. The van der Waals surface area contributed by atoms with Crippen molar-refractivity contribution in [3.05, 3.63) is 84.3 Å². The summed E-state index contributed by atoms with van der Waals surface area (Å²) in [5.41, 5.74) is 4.37. The van der Waals surface area contributed by atoms with E-state index in [0.29, 0.717) is 36.2 Å². The molecule has 5 rings (SSSR count). The van der Waals surface area contributed by atoms with Crippen LogP contribution in [0.1, 0.15) is 61.0 Å². The van der Waals surface area contributed by atoms with Gasteiger partial charge in [0.25, 0.3) is 5.91 Å². The lowest BCUT2D eigenvalue weighted by molar-refractivity contribution is -0.274. The Bertz CT molecular complexity index is 1510. The molecule has 7 nitrogen and oxygen atoms in total. The Morgan fingerprint density at radius 3 is 2.27 bits per heavy atom. The molecule has 0 unspecified atom stereocenters. The predicted octanol–water partition coefficient (Wildman–Crippen LogP) is 7.38. The molecule has 2 aromatic carbocycles. The van der Waals surface area contributed by atoms with Crippen molar-refractivity contribution in [2.24, 2.45) is 5.92 Å². The van der Waals surface area contributed by atoms with E-state index in [1.54, 1.807) is 10.6 Å². The van der Waals surface area contributed by atoms with Gasteiger partial charge < -0.3 is 19.2 Å². The van der Waals surface area contributed by atoms with Crippen molar-refractivity contribution in [1.29, 1.82) is 0 Å². The number of amides is 1. The molecular weight excluding hydrogens is 535 g/mol. The second-order valence-corrected chi connectivity index (χ2v) is 10.2. The number of aromatic nitrogens is 2. The fraction of sp³-hybridized carbons (Fsp3) is 0.323. The molecule has 0 saturated heterocycles. The highest BCUT2D eigenvalue weighted by molar-refractivity contribution is 6.03. The maximum absolute atomic E-state index is 12.7. The van der Waals surface area contributed by atoms with Crippen LogP contribution >= 0.6 is 0 Å². The summed E-state index contributed by atoms with van der Waals surface area (Å²) >= 11 is 0. The van der Waals surface area contributed by atoms with Gasteiger partial charge in [-0.2, -0.15) is 0 Å². The van der Waals surface area contributed by atoms with Gasteiger partial charge >= 0.3 is 12.3 Å². The van der Waals surface area contributed by atoms with Crippen LogP contribution in [0, 0.1) is 5.92 Å². The number of halogens is 3. The third kappa shape index (κ3) is 7.25. The molecule has 1 aliphatic rings. The first-order chi connectivity index (χ1) is 19.7. The number of hydrogen-bond acceptors (Lipinski definition) is 5. The van der Waals surface area contributed by atoms with Gasteiger partial charge in [-0.15, -0.1) is 13.2 Å². The quantitative estimate of drug-likeness (QED) is 0.226. The van der Waals surface area contributed by atoms with Gasteiger partial charge in [0.15, 0.2) is 0 Å². The van der Waals surface area contributed by atoms with Crippen LogP contribution in [0.15, 0.2) is 73.1 Å². The number of fused-ring (bicyclic) bond motifs is 1. The zero-order chi connectivity index (χ0) is 29.0. The molecule has 0 radical (unpaired) electrons. The third-order valence-electron chi connectivity index (χ3n) is 7.35. The van der Waals surface area contributed by atoms with E-state index in [1.807, 2.05) is 25.3 Å². The number of alkyl halides is 3. The van der Waals surface area contributed by atoms with E-state index < -0.39 is 12.3 Å². The zero-order valence-electron chi connectivity index (χ0n) is 22.5. The Labute approximate surface area is 235 Å². The van der Waals surface area contributed by atoms with E-state index in [1.165, 1.54) is 17.7 Å². The SMILES string of the molecule is CCOC(=O)C[C@H]1CC[C@H](c2ccc(-c3ccc4nc(C(=O)Nc5ccc(OC(F)(F)F)cc5)cn4c3)cc2)CC1. The molecule has 10 heteroatoms. The smallest absolute Gasteiger partial charge is 0.466 e. The Morgan fingerprint density at radius 2 is 1.61 bits per heavy atom. The second-order valence-electron chi connectivity index (χ2n) is 10.2. The molecule has 2 heterocycles. The minimum Gasteiger partial charge on any atom is -0.466 e. The van der Waals surface area contributed by atoms with Gasteiger partial charge in [0.2, 0.25) is 0 Å². The average Bonchev–Trinajstić information content (AvgIpc) is 3.38. The van der Waals surface area contributed by atoms with Crippen LogP contribution in [-0.4, -0.2) is 34.2 Å². The number of carbonyl (C=O) groups is 2. The summed E-state index contributed by atoms with van der Waals surface area (Å²) in [4.78, 5) is 28.9. The highest BCUT2D eigenvalue weighted by atomic mass is 19.4. The van der Waals surface area contributed by atoms with Gasteiger partial charge in [0.1, 0.15) is 17.1 Å². The molecule has 4 aromatic rings. The van der Waals surface area contributed by atoms with E-state index in [4.69, 9.17) is 4.74 Å². The summed E-state index contributed by atoms with van der Waals surface area (Å²) in [5, 5.41) is 2.64. The molecule has 0 spiro atoms. The van der Waals surface area contributed by atoms with E-state index in [0.717, 1.165) is 48.9 Å². The van der Waals surface area contributed by atoms with Crippen molar-refractivity contribution >= 4 is 23.2 Å². The fourth-order valence-electron chi connectivity index (χ4n) is 5.31. The molecule has 2 aromatic heterocycles. The number of hydrogen-bond donors (Lipinski definition) is 1. The number of carbonyl (C=O) groups excluding carboxylic acids is 2. The summed E-state index contributed by atoms with van der Waals surface area (Å²) in [6.45, 7) is 2.26. The summed E-state index contributed by atoms with van der Waals surface area (Å²) in [6, 6.07) is 17.2. The Morgan fingerprint density at radius 1 is 0.927 bits per heavy atom. The first-order valence-corrected chi connectivity index (χ1v) is 13.6. The second kappa shape index (κ2) is 12.0. The molecule has 0 bridgehead atoms. The molecule has 41 heavy (non-hydrogen) atoms. The van der Waals surface area contributed by atoms with E-state index >= 15 is 0 Å². The maximum atomic E-state index is 12.7. The summed E-state index contributed by atoms with van der Waals surface area (Å²) in [6.07, 6.45) is 3.40. The highest BCUT2D eigenvalue weighted by Gasteiger charge is 2.31. The number of ether oxygens (including phenoxy) is 2. The maximum Gasteiger partial charge on any atom is 0.573 e. The number of nitrogens with zero attached hydrogens (tertiary/aromatic N) is 2. The summed E-state index contributed by atoms with van der Waals surface area (Å²) in [7, 11) is 0. The number of esters is 1. The molecule has 1 fully saturated rings. The minimum atomic E-state index is -4.78. The fourth-order valence-corrected chi connectivity index (χ4v) is 5.31. The standard InChI is InChI=1S/C31H30F3N3O4/c1-2-40-29(38)17-20-3-5-21(6-4-20)22-7-9-23(10-8-22)24-11-16-28-36-27(19-37(28)18-24)30(39)35-25-12-14-26(15-13-25)41-31(32,33)34/h7-16,18-21H,2-6,17H2,1H3,(H,35,39)/t20-,21-. The number of benzene rings is 2. The van der Waals surface area contributed by atoms with Gasteiger partial charge in [0.05, 0.1) is 6.61 Å². The Hall–Kier alpha value is -4.34. The van der Waals surface area contributed by atoms with Crippen molar-refractivity contribution in [2.75, 3.05) is 11.9 Å². The number of rotatable bonds is 8. The van der Waals surface area contributed by atoms with Gasteiger partial charge in [0, 0.05) is 24.5 Å². The Balaban J connectivity index is 1.20. The van der Waals surface area contributed by atoms with Crippen molar-refractivity contribution in [3.8, 4) is 16.9 Å². The average molecular weight is 566 g/mol. The minimum absolute atomic E-state index is 0.101. The topological polar surface area (TPSA) is 81.9 Å². The number of imidazole rings is 1. The lowest BCUT2D eigenvalue weighted by Gasteiger charge is -2.28. The highest BCUT2D eigenvalue weighted by Crippen LogP contribution is 2.38.